The van der Waals surface area contributed by atoms with E-state index in [4.69, 9.17) is 4.42 Å². The first-order valence-corrected chi connectivity index (χ1v) is 10.8. The number of aromatic hydroxyl groups is 1. The molecule has 0 unspecified atom stereocenters. The number of rotatable bonds is 7. The third-order valence-corrected chi connectivity index (χ3v) is 6.04. The predicted octanol–water partition coefficient (Wildman–Crippen LogP) is 2.34. The van der Waals surface area contributed by atoms with Gasteiger partial charge in [-0.1, -0.05) is 12.1 Å². The summed E-state index contributed by atoms with van der Waals surface area (Å²) < 4.78 is 21.1. The second-order valence-corrected chi connectivity index (χ2v) is 8.11. The maximum Gasteiger partial charge on any atom is 0.260 e. The Morgan fingerprint density at radius 1 is 1.12 bits per heavy atom. The quantitative estimate of drug-likeness (QED) is 0.586. The molecule has 0 bridgehead atoms. The first-order chi connectivity index (χ1) is 15.5. The van der Waals surface area contributed by atoms with Gasteiger partial charge in [0, 0.05) is 38.4 Å². The summed E-state index contributed by atoms with van der Waals surface area (Å²) in [5.74, 6) is 0.135. The average Bonchev–Trinajstić information content (AvgIpc) is 3.28. The van der Waals surface area contributed by atoms with Crippen molar-refractivity contribution < 1.29 is 19.0 Å². The number of aliphatic hydroxyl groups excluding tert-OH is 1. The number of furan rings is 1. The van der Waals surface area contributed by atoms with Gasteiger partial charge in [0.2, 0.25) is 0 Å². The maximum atomic E-state index is 14.2. The van der Waals surface area contributed by atoms with Crippen molar-refractivity contribution in [1.82, 2.24) is 14.4 Å². The lowest BCUT2D eigenvalue weighted by Gasteiger charge is -2.39. The standard InChI is InChI=1S/C24H28FN3O4/c1-17-14-21(30)22(24(31)28(17)16-20-6-3-13-32-20)23(18-4-2-5-19(25)15-18)27-9-7-26(8-10-27)11-12-29/h2-6,13-15,23,29-30H,7-12,16H2,1H3/t23-/m1/s1. The first-order valence-electron chi connectivity index (χ1n) is 10.8. The minimum Gasteiger partial charge on any atom is -0.507 e. The van der Waals surface area contributed by atoms with Crippen LogP contribution in [0.25, 0.3) is 0 Å². The Hall–Kier alpha value is -2.94. The fourth-order valence-corrected chi connectivity index (χ4v) is 4.40. The molecule has 1 atom stereocenters. The van der Waals surface area contributed by atoms with Crippen molar-refractivity contribution in [2.24, 2.45) is 0 Å². The highest BCUT2D eigenvalue weighted by Gasteiger charge is 2.31. The number of pyridine rings is 1. The second kappa shape index (κ2) is 9.68. The van der Waals surface area contributed by atoms with E-state index in [-0.39, 0.29) is 30.0 Å². The molecule has 1 aliphatic rings. The molecule has 0 spiro atoms. The van der Waals surface area contributed by atoms with E-state index in [1.807, 2.05) is 0 Å². The van der Waals surface area contributed by atoms with Gasteiger partial charge in [0.1, 0.15) is 17.3 Å². The van der Waals surface area contributed by atoms with Gasteiger partial charge in [-0.2, -0.15) is 0 Å². The number of nitrogens with zero attached hydrogens (tertiary/aromatic N) is 3. The smallest absolute Gasteiger partial charge is 0.260 e. The van der Waals surface area contributed by atoms with Crippen molar-refractivity contribution in [2.45, 2.75) is 19.5 Å². The normalized spacial score (nSPS) is 16.3. The molecule has 3 heterocycles. The summed E-state index contributed by atoms with van der Waals surface area (Å²) in [6.07, 6.45) is 1.55. The topological polar surface area (TPSA) is 82.1 Å². The molecular formula is C24H28FN3O4. The number of aryl methyl sites for hydroxylation is 1. The molecular weight excluding hydrogens is 413 g/mol. The molecule has 4 rings (SSSR count). The largest absolute Gasteiger partial charge is 0.507 e. The Morgan fingerprint density at radius 2 is 1.91 bits per heavy atom. The fraction of sp³-hybridized carbons (Fsp3) is 0.375. The molecule has 0 saturated carbocycles. The first kappa shape index (κ1) is 22.3. The molecule has 8 heteroatoms. The van der Waals surface area contributed by atoms with Crippen molar-refractivity contribution >= 4 is 0 Å². The highest BCUT2D eigenvalue weighted by atomic mass is 19.1. The zero-order valence-electron chi connectivity index (χ0n) is 18.1. The summed E-state index contributed by atoms with van der Waals surface area (Å²) in [6.45, 7) is 5.33. The van der Waals surface area contributed by atoms with Gasteiger partial charge in [-0.25, -0.2) is 4.39 Å². The number of aromatic nitrogens is 1. The predicted molar refractivity (Wildman–Crippen MR) is 118 cm³/mol. The molecule has 2 aromatic heterocycles. The molecule has 2 N–H and O–H groups in total. The van der Waals surface area contributed by atoms with Gasteiger partial charge in [0.25, 0.3) is 5.56 Å². The van der Waals surface area contributed by atoms with Crippen molar-refractivity contribution in [1.29, 1.82) is 0 Å². The molecule has 170 valence electrons. The van der Waals surface area contributed by atoms with Crippen molar-refractivity contribution in [3.8, 4) is 5.75 Å². The van der Waals surface area contributed by atoms with Crippen LogP contribution < -0.4 is 5.56 Å². The molecule has 32 heavy (non-hydrogen) atoms. The Morgan fingerprint density at radius 3 is 2.56 bits per heavy atom. The Labute approximate surface area is 185 Å². The second-order valence-electron chi connectivity index (χ2n) is 8.11. The average molecular weight is 442 g/mol. The van der Waals surface area contributed by atoms with Crippen LogP contribution in [0.2, 0.25) is 0 Å². The maximum absolute atomic E-state index is 14.2. The van der Waals surface area contributed by atoms with Crippen LogP contribution in [0.15, 0.2) is 57.9 Å². The van der Waals surface area contributed by atoms with Crippen LogP contribution in [0.1, 0.15) is 28.6 Å². The van der Waals surface area contributed by atoms with Crippen molar-refractivity contribution in [3.63, 3.8) is 0 Å². The van der Waals surface area contributed by atoms with Crippen LogP contribution in [0.4, 0.5) is 4.39 Å². The van der Waals surface area contributed by atoms with E-state index in [1.165, 1.54) is 12.1 Å². The monoisotopic (exact) mass is 441 g/mol. The molecule has 3 aromatic rings. The number of benzene rings is 1. The molecule has 1 aliphatic heterocycles. The van der Waals surface area contributed by atoms with Crippen LogP contribution in [0.5, 0.6) is 5.75 Å². The molecule has 1 fully saturated rings. The lowest BCUT2D eigenvalue weighted by Crippen LogP contribution is -2.49. The van der Waals surface area contributed by atoms with E-state index < -0.39 is 11.9 Å². The summed E-state index contributed by atoms with van der Waals surface area (Å²) >= 11 is 0. The lowest BCUT2D eigenvalue weighted by atomic mass is 9.95. The molecule has 0 radical (unpaired) electrons. The minimum atomic E-state index is -0.599. The van der Waals surface area contributed by atoms with Crippen molar-refractivity contribution in [2.75, 3.05) is 39.3 Å². The summed E-state index contributed by atoms with van der Waals surface area (Å²) in [6, 6.07) is 10.7. The zero-order chi connectivity index (χ0) is 22.7. The Bertz CT molecular complexity index is 1100. The molecule has 0 amide bonds. The Balaban J connectivity index is 1.78. The summed E-state index contributed by atoms with van der Waals surface area (Å²) in [5.41, 5.74) is 1.12. The zero-order valence-corrected chi connectivity index (χ0v) is 18.1. The van der Waals surface area contributed by atoms with Gasteiger partial charge < -0.3 is 19.2 Å². The van der Waals surface area contributed by atoms with E-state index in [2.05, 4.69) is 9.80 Å². The molecule has 1 saturated heterocycles. The van der Waals surface area contributed by atoms with E-state index in [1.54, 1.807) is 48.1 Å². The van der Waals surface area contributed by atoms with Gasteiger partial charge in [-0.05, 0) is 42.8 Å². The van der Waals surface area contributed by atoms with Gasteiger partial charge >= 0.3 is 0 Å². The van der Waals surface area contributed by atoms with Gasteiger partial charge in [-0.15, -0.1) is 0 Å². The van der Waals surface area contributed by atoms with Crippen molar-refractivity contribution in [3.05, 3.63) is 87.5 Å². The van der Waals surface area contributed by atoms with E-state index in [0.29, 0.717) is 49.7 Å². The van der Waals surface area contributed by atoms with Gasteiger partial charge in [-0.3, -0.25) is 14.6 Å². The number of aliphatic hydroxyl groups is 1. The summed E-state index contributed by atoms with van der Waals surface area (Å²) in [7, 11) is 0. The minimum absolute atomic E-state index is 0.0869. The molecule has 1 aromatic carbocycles. The Kier molecular flexibility index (Phi) is 6.74. The summed E-state index contributed by atoms with van der Waals surface area (Å²) in [4.78, 5) is 17.9. The van der Waals surface area contributed by atoms with Crippen LogP contribution in [0, 0.1) is 12.7 Å². The van der Waals surface area contributed by atoms with Gasteiger partial charge in [0.05, 0.1) is 31.0 Å². The number of halogens is 1. The van der Waals surface area contributed by atoms with E-state index >= 15 is 0 Å². The number of β-amino-alcohol motifs (C(OH)–C–C–N with tert-alkyl or cyclic N) is 1. The third kappa shape index (κ3) is 4.62. The molecule has 7 nitrogen and oxygen atoms in total. The number of hydrogen-bond donors (Lipinski definition) is 2. The number of hydrogen-bond acceptors (Lipinski definition) is 6. The van der Waals surface area contributed by atoms with E-state index in [0.717, 1.165) is 0 Å². The molecule has 0 aliphatic carbocycles. The van der Waals surface area contributed by atoms with Gasteiger partial charge in [0.15, 0.2) is 0 Å². The van der Waals surface area contributed by atoms with Crippen LogP contribution in [0.3, 0.4) is 0 Å². The third-order valence-electron chi connectivity index (χ3n) is 6.04. The van der Waals surface area contributed by atoms with Crippen LogP contribution in [-0.4, -0.2) is 63.9 Å². The highest BCUT2D eigenvalue weighted by molar-refractivity contribution is 5.41. The number of piperazine rings is 1. The lowest BCUT2D eigenvalue weighted by molar-refractivity contribution is 0.0931. The van der Waals surface area contributed by atoms with Crippen LogP contribution >= 0.6 is 0 Å². The summed E-state index contributed by atoms with van der Waals surface area (Å²) in [5, 5.41) is 20.1. The fourth-order valence-electron chi connectivity index (χ4n) is 4.40. The van der Waals surface area contributed by atoms with Crippen LogP contribution in [-0.2, 0) is 6.54 Å². The SMILES string of the molecule is Cc1cc(O)c([C@@H](c2cccc(F)c2)N2CCN(CCO)CC2)c(=O)n1Cc1ccco1. The van der Waals surface area contributed by atoms with E-state index in [9.17, 15) is 19.4 Å². The highest BCUT2D eigenvalue weighted by Crippen LogP contribution is 2.33.